The predicted molar refractivity (Wildman–Crippen MR) is 29.2 cm³/mol. The fraction of sp³-hybridized carbons (Fsp3) is 0. The number of rotatable bonds is 1. The summed E-state index contributed by atoms with van der Waals surface area (Å²) in [6, 6.07) is 0. The third kappa shape index (κ3) is 10.7. The van der Waals surface area contributed by atoms with Crippen molar-refractivity contribution in [1.82, 2.24) is 0 Å². The van der Waals surface area contributed by atoms with Crippen molar-refractivity contribution in [3.05, 3.63) is 0 Å². The molecule has 0 aliphatic rings. The third-order valence-corrected chi connectivity index (χ3v) is 0.257. The van der Waals surface area contributed by atoms with Crippen LogP contribution in [0.5, 0.6) is 0 Å². The molecule has 0 unspecified atom stereocenters. The molecule has 5 heteroatoms. The summed E-state index contributed by atoms with van der Waals surface area (Å²) >= 11 is 4.59. The summed E-state index contributed by atoms with van der Waals surface area (Å²) in [6.07, 6.45) is 0.599. The van der Waals surface area contributed by atoms with Gasteiger partial charge in [-0.3, -0.25) is 0 Å². The standard InChI is InChI=1S/C2H2ClNO2.ClH/c3-4-1-2(5)6;/h1H,(H,5,6);1H. The second-order valence-corrected chi connectivity index (χ2v) is 0.760. The van der Waals surface area contributed by atoms with E-state index in [1.807, 2.05) is 0 Å². The molecule has 0 aromatic heterocycles. The Bertz CT molecular complexity index is 81.8. The van der Waals surface area contributed by atoms with Gasteiger partial charge in [-0.05, 0) is 0 Å². The molecule has 0 spiro atoms. The van der Waals surface area contributed by atoms with Crippen LogP contribution in [0.15, 0.2) is 4.51 Å². The zero-order chi connectivity index (χ0) is 4.99. The first kappa shape index (κ1) is 9.87. The fourth-order valence-electron chi connectivity index (χ4n) is 0.0417. The van der Waals surface area contributed by atoms with Gasteiger partial charge in [-0.2, -0.15) is 4.51 Å². The topological polar surface area (TPSA) is 49.7 Å². The summed E-state index contributed by atoms with van der Waals surface area (Å²) in [7, 11) is 0. The number of hydrogen-bond donors (Lipinski definition) is 1. The van der Waals surface area contributed by atoms with Gasteiger partial charge in [0, 0.05) is 11.8 Å². The van der Waals surface area contributed by atoms with Crippen LogP contribution < -0.4 is 0 Å². The summed E-state index contributed by atoms with van der Waals surface area (Å²) in [5.74, 6) is -1.13. The lowest BCUT2D eigenvalue weighted by molar-refractivity contribution is -0.128. The smallest absolute Gasteiger partial charge is 0.348 e. The highest BCUT2D eigenvalue weighted by Crippen LogP contribution is 1.67. The molecule has 0 fully saturated rings. The van der Waals surface area contributed by atoms with Gasteiger partial charge >= 0.3 is 5.97 Å². The molecule has 0 rings (SSSR count). The molecule has 0 aromatic rings. The van der Waals surface area contributed by atoms with Gasteiger partial charge in [-0.15, -0.1) is 12.4 Å². The van der Waals surface area contributed by atoms with Crippen LogP contribution in [0, 0.1) is 0 Å². The highest BCUT2D eigenvalue weighted by atomic mass is 35.5. The van der Waals surface area contributed by atoms with Crippen LogP contribution >= 0.6 is 24.2 Å². The number of aliphatic carboxylic acids is 1. The molecule has 1 N–H and O–H groups in total. The molecule has 3 nitrogen and oxygen atoms in total. The molecular weight excluding hydrogens is 141 g/mol. The van der Waals surface area contributed by atoms with Gasteiger partial charge in [0.15, 0.2) is 0 Å². The quantitative estimate of drug-likeness (QED) is 0.551. The van der Waals surface area contributed by atoms with Gasteiger partial charge in [-0.25, -0.2) is 4.79 Å². The maximum atomic E-state index is 9.37. The second kappa shape index (κ2) is 5.72. The Morgan fingerprint density at radius 3 is 2.29 bits per heavy atom. The van der Waals surface area contributed by atoms with Crippen molar-refractivity contribution in [3.8, 4) is 0 Å². The van der Waals surface area contributed by atoms with Crippen LogP contribution in [-0.2, 0) is 4.79 Å². The highest BCUT2D eigenvalue weighted by Gasteiger charge is 1.80. The SMILES string of the molecule is Cl.O=C(O)C=NCl. The van der Waals surface area contributed by atoms with E-state index in [1.165, 1.54) is 0 Å². The van der Waals surface area contributed by atoms with Crippen LogP contribution in [0.3, 0.4) is 0 Å². The number of carbonyl (C=O) groups is 1. The van der Waals surface area contributed by atoms with Crippen molar-refractivity contribution >= 4 is 36.4 Å². The maximum Gasteiger partial charge on any atom is 0.348 e. The van der Waals surface area contributed by atoms with Crippen LogP contribution in [0.1, 0.15) is 0 Å². The van der Waals surface area contributed by atoms with Crippen molar-refractivity contribution in [2.45, 2.75) is 0 Å². The molecule has 0 aliphatic heterocycles. The van der Waals surface area contributed by atoms with E-state index in [4.69, 9.17) is 5.11 Å². The Balaban J connectivity index is 0. The first-order chi connectivity index (χ1) is 2.77. The molecule has 0 heterocycles. The van der Waals surface area contributed by atoms with Gasteiger partial charge in [-0.1, -0.05) is 0 Å². The summed E-state index contributed by atoms with van der Waals surface area (Å²) in [4.78, 5) is 9.37. The number of nitrogens with zero attached hydrogens (tertiary/aromatic N) is 1. The fourth-order valence-corrected chi connectivity index (χ4v) is 0.125. The molecule has 42 valence electrons. The molecule has 7 heavy (non-hydrogen) atoms. The Morgan fingerprint density at radius 1 is 1.86 bits per heavy atom. The minimum absolute atomic E-state index is 0. The molecule has 0 aliphatic carbocycles. The zero-order valence-electron chi connectivity index (χ0n) is 3.17. The van der Waals surface area contributed by atoms with Crippen molar-refractivity contribution in [3.63, 3.8) is 0 Å². The Labute approximate surface area is 51.5 Å². The molecule has 0 bridgehead atoms. The van der Waals surface area contributed by atoms with E-state index in [9.17, 15) is 4.79 Å². The van der Waals surface area contributed by atoms with E-state index in [1.54, 1.807) is 0 Å². The van der Waals surface area contributed by atoms with E-state index in [-0.39, 0.29) is 12.4 Å². The molecule has 0 amide bonds. The number of carboxylic acids is 1. The van der Waals surface area contributed by atoms with Crippen LogP contribution in [0.4, 0.5) is 0 Å². The average Bonchev–Trinajstić information content (AvgIpc) is 1.35. The molecule has 0 saturated carbocycles. The van der Waals surface area contributed by atoms with E-state index in [0.29, 0.717) is 6.21 Å². The van der Waals surface area contributed by atoms with Crippen molar-refractivity contribution in [1.29, 1.82) is 0 Å². The van der Waals surface area contributed by atoms with Gasteiger partial charge in [0.25, 0.3) is 0 Å². The molecular formula is C2H3Cl2NO2. The van der Waals surface area contributed by atoms with Crippen molar-refractivity contribution in [2.75, 3.05) is 0 Å². The van der Waals surface area contributed by atoms with Gasteiger partial charge < -0.3 is 5.11 Å². The summed E-state index contributed by atoms with van der Waals surface area (Å²) in [5.41, 5.74) is 0. The van der Waals surface area contributed by atoms with Crippen LogP contribution in [0.25, 0.3) is 0 Å². The zero-order valence-corrected chi connectivity index (χ0v) is 4.74. The Morgan fingerprint density at radius 2 is 2.29 bits per heavy atom. The molecule has 0 radical (unpaired) electrons. The Kier molecular flexibility index (Phi) is 8.06. The lowest BCUT2D eigenvalue weighted by Gasteiger charge is -1.66. The maximum absolute atomic E-state index is 9.37. The Hall–Kier alpha value is -0.280. The van der Waals surface area contributed by atoms with E-state index in [0.717, 1.165) is 0 Å². The first-order valence-electron chi connectivity index (χ1n) is 1.14. The third-order valence-electron chi connectivity index (χ3n) is 0.159. The highest BCUT2D eigenvalue weighted by molar-refractivity contribution is 6.30. The minimum Gasteiger partial charge on any atom is -0.477 e. The number of halogens is 2. The monoisotopic (exact) mass is 143 g/mol. The summed E-state index contributed by atoms with van der Waals surface area (Å²) in [6.45, 7) is 0. The van der Waals surface area contributed by atoms with Gasteiger partial charge in [0.1, 0.15) is 6.21 Å². The molecule has 0 atom stereocenters. The van der Waals surface area contributed by atoms with E-state index >= 15 is 0 Å². The van der Waals surface area contributed by atoms with Crippen LogP contribution in [-0.4, -0.2) is 17.3 Å². The van der Waals surface area contributed by atoms with Crippen LogP contribution in [0.2, 0.25) is 0 Å². The van der Waals surface area contributed by atoms with Gasteiger partial charge in [0.05, 0.1) is 0 Å². The lowest BCUT2D eigenvalue weighted by Crippen LogP contribution is -1.92. The summed E-state index contributed by atoms with van der Waals surface area (Å²) < 4.78 is 2.68. The largest absolute Gasteiger partial charge is 0.477 e. The van der Waals surface area contributed by atoms with Crippen molar-refractivity contribution < 1.29 is 9.90 Å². The van der Waals surface area contributed by atoms with E-state index < -0.39 is 5.97 Å². The lowest BCUT2D eigenvalue weighted by atomic mass is 10.8. The molecule has 0 saturated heterocycles. The molecule has 0 aromatic carbocycles. The number of hydrogen-bond acceptors (Lipinski definition) is 2. The summed E-state index contributed by atoms with van der Waals surface area (Å²) in [5, 5.41) is 7.68. The second-order valence-electron chi connectivity index (χ2n) is 0.565. The van der Waals surface area contributed by atoms with Crippen molar-refractivity contribution in [2.24, 2.45) is 4.51 Å². The normalized spacial score (nSPS) is 8.14. The van der Waals surface area contributed by atoms with Gasteiger partial charge in [0.2, 0.25) is 0 Å². The minimum atomic E-state index is -1.13. The number of carboxylic acid groups (broad SMARTS) is 1. The average molecular weight is 144 g/mol. The first-order valence-corrected chi connectivity index (χ1v) is 1.48. The predicted octanol–water partition coefficient (Wildman–Crippen LogP) is 0.717. The van der Waals surface area contributed by atoms with E-state index in [2.05, 4.69) is 16.3 Å².